The van der Waals surface area contributed by atoms with Crippen LogP contribution in [0.4, 0.5) is 0 Å². The molecule has 0 spiro atoms. The Morgan fingerprint density at radius 1 is 1.00 bits per heavy atom. The highest BCUT2D eigenvalue weighted by Crippen LogP contribution is 2.34. The lowest BCUT2D eigenvalue weighted by atomic mass is 9.81. The van der Waals surface area contributed by atoms with E-state index in [-0.39, 0.29) is 17.5 Å². The van der Waals surface area contributed by atoms with Gasteiger partial charge >= 0.3 is 5.97 Å². The molecule has 0 aliphatic heterocycles. The number of hydrogen-bond donors (Lipinski definition) is 0. The van der Waals surface area contributed by atoms with Gasteiger partial charge in [-0.25, -0.2) is 4.79 Å². The van der Waals surface area contributed by atoms with Crippen molar-refractivity contribution in [3.63, 3.8) is 0 Å². The number of ketones is 2. The van der Waals surface area contributed by atoms with E-state index >= 15 is 0 Å². The first kappa shape index (κ1) is 17.9. The van der Waals surface area contributed by atoms with Gasteiger partial charge in [-0.05, 0) is 19.4 Å². The van der Waals surface area contributed by atoms with Crippen molar-refractivity contribution in [1.82, 2.24) is 9.78 Å². The Hall–Kier alpha value is -3.54. The quantitative estimate of drug-likeness (QED) is 0.511. The molecule has 28 heavy (non-hydrogen) atoms. The molecule has 1 aliphatic rings. The molecule has 1 atom stereocenters. The van der Waals surface area contributed by atoms with Crippen LogP contribution < -0.4 is 0 Å². The summed E-state index contributed by atoms with van der Waals surface area (Å²) < 4.78 is 6.53. The number of carbonyl (C=O) groups excluding carboxylic acids is 3. The minimum Gasteiger partial charge on any atom is -0.464 e. The summed E-state index contributed by atoms with van der Waals surface area (Å²) in [5.74, 6) is -0.737. The summed E-state index contributed by atoms with van der Waals surface area (Å²) in [5.41, 5.74) is 2.85. The van der Waals surface area contributed by atoms with E-state index in [9.17, 15) is 14.4 Å². The van der Waals surface area contributed by atoms with Crippen LogP contribution in [0.5, 0.6) is 0 Å². The van der Waals surface area contributed by atoms with Gasteiger partial charge in [0.2, 0.25) is 0 Å². The summed E-state index contributed by atoms with van der Waals surface area (Å²) >= 11 is 0. The maximum atomic E-state index is 13.1. The molecule has 1 aromatic heterocycles. The Balaban J connectivity index is 1.79. The third-order valence-corrected chi connectivity index (χ3v) is 4.89. The van der Waals surface area contributed by atoms with Crippen molar-refractivity contribution in [2.45, 2.75) is 19.9 Å². The highest BCUT2D eigenvalue weighted by atomic mass is 16.5. The average molecular weight is 374 g/mol. The zero-order chi connectivity index (χ0) is 19.8. The molecule has 6 nitrogen and oxygen atoms in total. The molecule has 1 unspecified atom stereocenters. The number of rotatable bonds is 4. The van der Waals surface area contributed by atoms with Crippen LogP contribution in [-0.4, -0.2) is 33.9 Å². The van der Waals surface area contributed by atoms with Gasteiger partial charge in [0.05, 0.1) is 12.8 Å². The molecule has 0 saturated carbocycles. The minimum absolute atomic E-state index is 0.167. The van der Waals surface area contributed by atoms with Gasteiger partial charge in [0.15, 0.2) is 11.6 Å². The van der Waals surface area contributed by atoms with Gasteiger partial charge in [0, 0.05) is 34.0 Å². The average Bonchev–Trinajstić information content (AvgIpc) is 3.21. The second-order valence-electron chi connectivity index (χ2n) is 6.57. The lowest BCUT2D eigenvalue weighted by Gasteiger charge is -2.19. The Labute approximate surface area is 161 Å². The van der Waals surface area contributed by atoms with Crippen LogP contribution in [0.2, 0.25) is 0 Å². The first-order valence-electron chi connectivity index (χ1n) is 9.05. The van der Waals surface area contributed by atoms with Crippen molar-refractivity contribution in [3.05, 3.63) is 77.1 Å². The maximum absolute atomic E-state index is 13.1. The van der Waals surface area contributed by atoms with Crippen LogP contribution in [0.15, 0.2) is 54.9 Å². The van der Waals surface area contributed by atoms with Crippen LogP contribution in [0, 0.1) is 0 Å². The van der Waals surface area contributed by atoms with Crippen molar-refractivity contribution in [2.24, 2.45) is 0 Å². The van der Waals surface area contributed by atoms with Gasteiger partial charge in [-0.1, -0.05) is 42.5 Å². The summed E-state index contributed by atoms with van der Waals surface area (Å²) in [4.78, 5) is 38.0. The second-order valence-corrected chi connectivity index (χ2v) is 6.57. The van der Waals surface area contributed by atoms with E-state index in [0.717, 1.165) is 0 Å². The highest BCUT2D eigenvalue weighted by Gasteiger charge is 2.31. The lowest BCUT2D eigenvalue weighted by molar-refractivity contribution is -0.146. The van der Waals surface area contributed by atoms with Gasteiger partial charge in [0.1, 0.15) is 6.04 Å². The zero-order valence-electron chi connectivity index (χ0n) is 15.5. The fraction of sp³-hybridized carbons (Fsp3) is 0.182. The lowest BCUT2D eigenvalue weighted by Crippen LogP contribution is -2.21. The summed E-state index contributed by atoms with van der Waals surface area (Å²) in [5, 5.41) is 4.25. The predicted molar refractivity (Wildman–Crippen MR) is 102 cm³/mol. The SMILES string of the molecule is CCOC(=O)C(C)n1cc(-c2cccc3c2C(=O)c2ccccc2C3=O)cn1. The molecule has 1 heterocycles. The molecule has 0 N–H and O–H groups in total. The molecule has 6 heteroatoms. The number of fused-ring (bicyclic) bond motifs is 2. The standard InChI is InChI=1S/C22H18N2O4/c1-3-28-22(27)13(2)24-12-14(11-23-24)15-9-6-10-18-19(15)21(26)17-8-5-4-7-16(17)20(18)25/h4-13H,3H2,1-2H3. The third-order valence-electron chi connectivity index (χ3n) is 4.89. The Bertz CT molecular complexity index is 1110. The van der Waals surface area contributed by atoms with Gasteiger partial charge in [-0.3, -0.25) is 14.3 Å². The van der Waals surface area contributed by atoms with Crippen LogP contribution >= 0.6 is 0 Å². The van der Waals surface area contributed by atoms with E-state index in [4.69, 9.17) is 4.74 Å². The monoisotopic (exact) mass is 374 g/mol. The van der Waals surface area contributed by atoms with Gasteiger partial charge < -0.3 is 4.74 Å². The van der Waals surface area contributed by atoms with Crippen molar-refractivity contribution in [1.29, 1.82) is 0 Å². The van der Waals surface area contributed by atoms with Crippen LogP contribution in [0.3, 0.4) is 0 Å². The number of ether oxygens (including phenoxy) is 1. The molecule has 0 amide bonds. The molecule has 0 bridgehead atoms. The molecule has 0 fully saturated rings. The van der Waals surface area contributed by atoms with Gasteiger partial charge in [-0.15, -0.1) is 0 Å². The third kappa shape index (κ3) is 2.74. The van der Waals surface area contributed by atoms with E-state index in [0.29, 0.717) is 40.0 Å². The van der Waals surface area contributed by atoms with E-state index in [1.54, 1.807) is 68.7 Å². The Morgan fingerprint density at radius 2 is 1.64 bits per heavy atom. The van der Waals surface area contributed by atoms with E-state index in [1.165, 1.54) is 4.68 Å². The Kier molecular flexibility index (Phi) is 4.39. The van der Waals surface area contributed by atoms with Crippen molar-refractivity contribution in [3.8, 4) is 11.1 Å². The van der Waals surface area contributed by atoms with Crippen LogP contribution in [0.25, 0.3) is 11.1 Å². The van der Waals surface area contributed by atoms with E-state index < -0.39 is 6.04 Å². The Morgan fingerprint density at radius 3 is 2.36 bits per heavy atom. The largest absolute Gasteiger partial charge is 0.464 e. The smallest absolute Gasteiger partial charge is 0.330 e. The van der Waals surface area contributed by atoms with Crippen molar-refractivity contribution >= 4 is 17.5 Å². The first-order chi connectivity index (χ1) is 13.5. The fourth-order valence-electron chi connectivity index (χ4n) is 3.45. The molecular weight excluding hydrogens is 356 g/mol. The normalized spacial score (nSPS) is 13.6. The number of nitrogens with zero attached hydrogens (tertiary/aromatic N) is 2. The zero-order valence-corrected chi connectivity index (χ0v) is 15.5. The fourth-order valence-corrected chi connectivity index (χ4v) is 3.45. The number of hydrogen-bond acceptors (Lipinski definition) is 5. The van der Waals surface area contributed by atoms with E-state index in [2.05, 4.69) is 5.10 Å². The molecule has 0 radical (unpaired) electrons. The van der Waals surface area contributed by atoms with Gasteiger partial charge in [0.25, 0.3) is 0 Å². The first-order valence-corrected chi connectivity index (χ1v) is 9.05. The summed E-state index contributed by atoms with van der Waals surface area (Å²) in [6.07, 6.45) is 3.28. The molecule has 2 aromatic carbocycles. The number of carbonyl (C=O) groups is 3. The highest BCUT2D eigenvalue weighted by molar-refractivity contribution is 6.30. The molecule has 4 rings (SSSR count). The topological polar surface area (TPSA) is 78.3 Å². The van der Waals surface area contributed by atoms with Crippen molar-refractivity contribution < 1.29 is 19.1 Å². The molecular formula is C22H18N2O4. The molecule has 3 aromatic rings. The molecule has 1 aliphatic carbocycles. The van der Waals surface area contributed by atoms with Crippen LogP contribution in [0.1, 0.15) is 51.7 Å². The number of benzene rings is 2. The number of aromatic nitrogens is 2. The second kappa shape index (κ2) is 6.88. The minimum atomic E-state index is -0.591. The maximum Gasteiger partial charge on any atom is 0.330 e. The summed E-state index contributed by atoms with van der Waals surface area (Å²) in [6.45, 7) is 3.73. The summed E-state index contributed by atoms with van der Waals surface area (Å²) in [6, 6.07) is 11.4. The number of esters is 1. The van der Waals surface area contributed by atoms with Crippen LogP contribution in [-0.2, 0) is 9.53 Å². The molecule has 140 valence electrons. The van der Waals surface area contributed by atoms with E-state index in [1.807, 2.05) is 0 Å². The predicted octanol–water partition coefficient (Wildman–Crippen LogP) is 3.45. The van der Waals surface area contributed by atoms with Crippen molar-refractivity contribution in [2.75, 3.05) is 6.61 Å². The summed E-state index contributed by atoms with van der Waals surface area (Å²) in [7, 11) is 0. The molecule has 0 saturated heterocycles. The van der Waals surface area contributed by atoms with Gasteiger partial charge in [-0.2, -0.15) is 5.10 Å².